The monoisotopic (exact) mass is 163 g/mol. The van der Waals surface area contributed by atoms with Crippen LogP contribution in [0.2, 0.25) is 0 Å². The van der Waals surface area contributed by atoms with Crippen LogP contribution in [-0.4, -0.2) is 29.1 Å². The number of ether oxygens (including phenoxy) is 1. The quantitative estimate of drug-likeness (QED) is 0.399. The number of amides is 1. The van der Waals surface area contributed by atoms with Crippen LogP contribution in [0.5, 0.6) is 0 Å². The molecule has 1 saturated heterocycles. The first-order valence-corrected chi connectivity index (χ1v) is 3.47. The average Bonchev–Trinajstić information content (AvgIpc) is 2.08. The predicted octanol–water partition coefficient (Wildman–Crippen LogP) is 1.41. The summed E-state index contributed by atoms with van der Waals surface area (Å²) in [6.07, 6.45) is 0. The fraction of sp³-hybridized carbons (Fsp3) is 0.833. The third kappa shape index (κ3) is 1.25. The largest absolute Gasteiger partial charge is 0.359 e. The van der Waals surface area contributed by atoms with Gasteiger partial charge in [0, 0.05) is 0 Å². The Labute approximate surface area is 64.9 Å². The number of hydrogen-bond acceptors (Lipinski definition) is 2. The molecule has 0 spiro atoms. The summed E-state index contributed by atoms with van der Waals surface area (Å²) in [7, 11) is 0. The topological polar surface area (TPSA) is 29.5 Å². The molecule has 1 amide bonds. The number of halogens is 1. The lowest BCUT2D eigenvalue weighted by molar-refractivity contribution is 0.152. The number of carbonyl (C=O) groups excluding carboxylic acids is 1. The number of hydrogen-bond donors (Lipinski definition) is 0. The zero-order valence-corrected chi connectivity index (χ0v) is 6.81. The molecule has 0 unspecified atom stereocenters. The van der Waals surface area contributed by atoms with Crippen LogP contribution in [0.3, 0.4) is 0 Å². The lowest BCUT2D eigenvalue weighted by Crippen LogP contribution is -2.41. The highest BCUT2D eigenvalue weighted by molar-refractivity contribution is 6.62. The molecule has 4 heteroatoms. The van der Waals surface area contributed by atoms with Crippen molar-refractivity contribution in [2.45, 2.75) is 19.4 Å². The minimum atomic E-state index is -0.442. The first-order chi connectivity index (χ1) is 4.54. The van der Waals surface area contributed by atoms with Gasteiger partial charge in [0.25, 0.3) is 0 Å². The molecule has 0 radical (unpaired) electrons. The van der Waals surface area contributed by atoms with Crippen LogP contribution in [0.15, 0.2) is 0 Å². The normalized spacial score (nSPS) is 23.3. The maximum absolute atomic E-state index is 10.7. The van der Waals surface area contributed by atoms with Crippen molar-refractivity contribution in [3.05, 3.63) is 0 Å². The van der Waals surface area contributed by atoms with Crippen molar-refractivity contribution < 1.29 is 9.53 Å². The van der Waals surface area contributed by atoms with Gasteiger partial charge < -0.3 is 4.74 Å². The minimum absolute atomic E-state index is 0.237. The van der Waals surface area contributed by atoms with E-state index < -0.39 is 5.37 Å². The van der Waals surface area contributed by atoms with Crippen LogP contribution in [-0.2, 0) is 4.74 Å². The van der Waals surface area contributed by atoms with Crippen LogP contribution in [0, 0.1) is 0 Å². The summed E-state index contributed by atoms with van der Waals surface area (Å²) in [6.45, 7) is 4.71. The summed E-state index contributed by atoms with van der Waals surface area (Å²) in [5, 5.41) is -0.442. The lowest BCUT2D eigenvalue weighted by atomic mass is 10.1. The van der Waals surface area contributed by atoms with Crippen LogP contribution in [0.25, 0.3) is 0 Å². The first kappa shape index (κ1) is 7.82. The third-order valence-electron chi connectivity index (χ3n) is 1.62. The van der Waals surface area contributed by atoms with E-state index in [2.05, 4.69) is 0 Å². The standard InChI is InChI=1S/C6H10ClNO2/c1-6(2)3-10-4-8(6)5(7)9/h3-4H2,1-2H3. The van der Waals surface area contributed by atoms with E-state index in [1.807, 2.05) is 13.8 Å². The molecular weight excluding hydrogens is 154 g/mol. The Kier molecular flexibility index (Phi) is 1.88. The van der Waals surface area contributed by atoms with Crippen LogP contribution >= 0.6 is 11.6 Å². The van der Waals surface area contributed by atoms with Gasteiger partial charge in [0.05, 0.1) is 12.1 Å². The van der Waals surface area contributed by atoms with Crippen molar-refractivity contribution in [3.63, 3.8) is 0 Å². The predicted molar refractivity (Wildman–Crippen MR) is 38.0 cm³/mol. The van der Waals surface area contributed by atoms with Crippen molar-refractivity contribution in [2.75, 3.05) is 13.3 Å². The molecule has 58 valence electrons. The van der Waals surface area contributed by atoms with Crippen molar-refractivity contribution >= 4 is 17.0 Å². The Morgan fingerprint density at radius 1 is 1.70 bits per heavy atom. The van der Waals surface area contributed by atoms with E-state index >= 15 is 0 Å². The molecule has 1 fully saturated rings. The van der Waals surface area contributed by atoms with Gasteiger partial charge in [-0.15, -0.1) is 0 Å². The van der Waals surface area contributed by atoms with Gasteiger partial charge in [-0.25, -0.2) is 0 Å². The maximum atomic E-state index is 10.7. The number of nitrogens with zero attached hydrogens (tertiary/aromatic N) is 1. The summed E-state index contributed by atoms with van der Waals surface area (Å²) in [5.41, 5.74) is -0.237. The summed E-state index contributed by atoms with van der Waals surface area (Å²) >= 11 is 5.28. The van der Waals surface area contributed by atoms with E-state index in [0.29, 0.717) is 13.3 Å². The Morgan fingerprint density at radius 3 is 2.50 bits per heavy atom. The van der Waals surface area contributed by atoms with E-state index in [1.165, 1.54) is 4.90 Å². The molecule has 10 heavy (non-hydrogen) atoms. The maximum Gasteiger partial charge on any atom is 0.318 e. The molecule has 1 aliphatic rings. The van der Waals surface area contributed by atoms with Crippen LogP contribution < -0.4 is 0 Å². The SMILES string of the molecule is CC1(C)COCN1C(=O)Cl. The smallest absolute Gasteiger partial charge is 0.318 e. The molecule has 0 bridgehead atoms. The van der Waals surface area contributed by atoms with Crippen molar-refractivity contribution in [1.82, 2.24) is 4.90 Å². The second-order valence-corrected chi connectivity index (χ2v) is 3.29. The van der Waals surface area contributed by atoms with E-state index in [4.69, 9.17) is 16.3 Å². The average molecular weight is 164 g/mol. The summed E-state index contributed by atoms with van der Waals surface area (Å²) in [4.78, 5) is 12.2. The molecule has 0 aromatic heterocycles. The molecule has 0 aromatic rings. The molecule has 0 saturated carbocycles. The van der Waals surface area contributed by atoms with Gasteiger partial charge in [-0.2, -0.15) is 0 Å². The molecule has 0 aromatic carbocycles. The third-order valence-corrected chi connectivity index (χ3v) is 1.82. The van der Waals surface area contributed by atoms with Crippen LogP contribution in [0.1, 0.15) is 13.8 Å². The van der Waals surface area contributed by atoms with Gasteiger partial charge in [-0.1, -0.05) is 0 Å². The van der Waals surface area contributed by atoms with Gasteiger partial charge >= 0.3 is 5.37 Å². The van der Waals surface area contributed by atoms with E-state index in [1.54, 1.807) is 0 Å². The Hall–Kier alpha value is -0.280. The van der Waals surface area contributed by atoms with E-state index in [0.717, 1.165) is 0 Å². The van der Waals surface area contributed by atoms with Crippen LogP contribution in [0.4, 0.5) is 4.79 Å². The lowest BCUT2D eigenvalue weighted by Gasteiger charge is -2.26. The Bertz CT molecular complexity index is 158. The summed E-state index contributed by atoms with van der Waals surface area (Å²) in [5.74, 6) is 0. The van der Waals surface area contributed by atoms with E-state index in [9.17, 15) is 4.79 Å². The molecule has 0 N–H and O–H groups in total. The summed E-state index contributed by atoms with van der Waals surface area (Å²) < 4.78 is 5.05. The molecule has 3 nitrogen and oxygen atoms in total. The van der Waals surface area contributed by atoms with Crippen molar-refractivity contribution in [3.8, 4) is 0 Å². The zero-order chi connectivity index (χ0) is 7.78. The van der Waals surface area contributed by atoms with Gasteiger partial charge in [0.1, 0.15) is 6.73 Å². The second-order valence-electron chi connectivity index (χ2n) is 2.97. The Morgan fingerprint density at radius 2 is 2.30 bits per heavy atom. The Balaban J connectivity index is 2.68. The summed E-state index contributed by atoms with van der Waals surface area (Å²) in [6, 6.07) is 0. The van der Waals surface area contributed by atoms with Gasteiger partial charge in [-0.05, 0) is 25.4 Å². The molecule has 1 heterocycles. The number of carbonyl (C=O) groups is 1. The number of rotatable bonds is 0. The molecular formula is C6H10ClNO2. The van der Waals surface area contributed by atoms with Gasteiger partial charge in [0.15, 0.2) is 0 Å². The first-order valence-electron chi connectivity index (χ1n) is 3.09. The molecule has 0 atom stereocenters. The minimum Gasteiger partial charge on any atom is -0.359 e. The van der Waals surface area contributed by atoms with Crippen molar-refractivity contribution in [1.29, 1.82) is 0 Å². The van der Waals surface area contributed by atoms with Crippen molar-refractivity contribution in [2.24, 2.45) is 0 Å². The van der Waals surface area contributed by atoms with Gasteiger partial charge in [0.2, 0.25) is 0 Å². The fourth-order valence-corrected chi connectivity index (χ4v) is 1.21. The highest BCUT2D eigenvalue weighted by atomic mass is 35.5. The zero-order valence-electron chi connectivity index (χ0n) is 6.06. The highest BCUT2D eigenvalue weighted by Crippen LogP contribution is 2.22. The van der Waals surface area contributed by atoms with E-state index in [-0.39, 0.29) is 5.54 Å². The second kappa shape index (κ2) is 2.40. The fourth-order valence-electron chi connectivity index (χ4n) is 0.928. The molecule has 0 aliphatic carbocycles. The highest BCUT2D eigenvalue weighted by Gasteiger charge is 2.35. The molecule has 1 rings (SSSR count). The molecule has 1 aliphatic heterocycles. The van der Waals surface area contributed by atoms with Gasteiger partial charge in [-0.3, -0.25) is 9.69 Å².